The second-order valence-electron chi connectivity index (χ2n) is 3.34. The largest absolute Gasteiger partial charge is 0.370 e. The molecule has 1 aromatic carbocycles. The highest BCUT2D eigenvalue weighted by Gasteiger charge is 2.04. The van der Waals surface area contributed by atoms with Crippen molar-refractivity contribution in [3.8, 4) is 0 Å². The Morgan fingerprint density at radius 2 is 1.88 bits per heavy atom. The predicted octanol–water partition coefficient (Wildman–Crippen LogP) is 1.06. The molecule has 0 heterocycles. The topological polar surface area (TPSA) is 81.5 Å². The fourth-order valence-corrected chi connectivity index (χ4v) is 1.23. The number of carbonyl (C=O) groups excluding carboxylic acids is 1. The van der Waals surface area contributed by atoms with Crippen molar-refractivity contribution >= 4 is 11.7 Å². The third-order valence-corrected chi connectivity index (χ3v) is 2.02. The van der Waals surface area contributed by atoms with E-state index in [1.54, 1.807) is 0 Å². The Kier molecular flexibility index (Phi) is 4.44. The fraction of sp³-hybridized carbons (Fsp3) is 0.273. The highest BCUT2D eigenvalue weighted by Crippen LogP contribution is 2.07. The molecule has 0 aliphatic heterocycles. The van der Waals surface area contributed by atoms with Gasteiger partial charge in [-0.05, 0) is 30.7 Å². The van der Waals surface area contributed by atoms with Gasteiger partial charge in [-0.15, -0.1) is 0 Å². The zero-order valence-electron chi connectivity index (χ0n) is 8.82. The number of hydrogen-bond donors (Lipinski definition) is 2. The van der Waals surface area contributed by atoms with E-state index in [9.17, 15) is 9.18 Å². The zero-order chi connectivity index (χ0) is 12.0. The fourth-order valence-electron chi connectivity index (χ4n) is 1.23. The van der Waals surface area contributed by atoms with Gasteiger partial charge >= 0.3 is 0 Å². The van der Waals surface area contributed by atoms with Crippen molar-refractivity contribution in [3.05, 3.63) is 35.6 Å². The minimum absolute atomic E-state index is 0.0224. The summed E-state index contributed by atoms with van der Waals surface area (Å²) in [7, 11) is 0. The smallest absolute Gasteiger partial charge is 0.185 e. The van der Waals surface area contributed by atoms with Crippen molar-refractivity contribution < 1.29 is 9.18 Å². The number of carbonyl (C=O) groups is 1. The van der Waals surface area contributed by atoms with Gasteiger partial charge < -0.3 is 11.5 Å². The molecule has 0 saturated heterocycles. The lowest BCUT2D eigenvalue weighted by atomic mass is 10.1. The van der Waals surface area contributed by atoms with Gasteiger partial charge in [0.05, 0.1) is 0 Å². The summed E-state index contributed by atoms with van der Waals surface area (Å²) in [5.41, 5.74) is 10.8. The average molecular weight is 223 g/mol. The Labute approximate surface area is 93.2 Å². The summed E-state index contributed by atoms with van der Waals surface area (Å²) in [4.78, 5) is 15.3. The molecule has 1 aromatic rings. The van der Waals surface area contributed by atoms with E-state index in [-0.39, 0.29) is 17.6 Å². The third kappa shape index (κ3) is 4.08. The van der Waals surface area contributed by atoms with Crippen molar-refractivity contribution in [3.63, 3.8) is 0 Å². The number of aliphatic imine (C=N–C) groups is 1. The summed E-state index contributed by atoms with van der Waals surface area (Å²) < 4.78 is 12.6. The normalized spacial score (nSPS) is 9.81. The molecule has 4 N–H and O–H groups in total. The van der Waals surface area contributed by atoms with Crippen LogP contribution in [-0.4, -0.2) is 18.3 Å². The number of rotatable bonds is 5. The molecule has 0 aliphatic rings. The van der Waals surface area contributed by atoms with Crippen LogP contribution in [0.3, 0.4) is 0 Å². The molecule has 0 atom stereocenters. The Morgan fingerprint density at radius 3 is 2.44 bits per heavy atom. The van der Waals surface area contributed by atoms with Gasteiger partial charge in [0, 0.05) is 18.5 Å². The first-order valence-electron chi connectivity index (χ1n) is 4.94. The van der Waals surface area contributed by atoms with Crippen LogP contribution in [0.2, 0.25) is 0 Å². The van der Waals surface area contributed by atoms with Gasteiger partial charge in [-0.25, -0.2) is 4.39 Å². The van der Waals surface area contributed by atoms with E-state index < -0.39 is 0 Å². The summed E-state index contributed by atoms with van der Waals surface area (Å²) in [6.07, 6.45) is 0.927. The van der Waals surface area contributed by atoms with E-state index in [0.717, 1.165) is 0 Å². The standard InChI is InChI=1S/C11H14FN3O/c12-9-5-3-8(4-6-9)10(16)2-1-7-15-11(13)14/h3-6H,1-2,7H2,(H4,13,14,15). The number of ketones is 1. The maximum absolute atomic E-state index is 12.6. The maximum atomic E-state index is 12.6. The molecule has 0 amide bonds. The molecule has 4 nitrogen and oxygen atoms in total. The first kappa shape index (κ1) is 12.2. The lowest BCUT2D eigenvalue weighted by Crippen LogP contribution is -2.23. The summed E-state index contributed by atoms with van der Waals surface area (Å²) >= 11 is 0. The summed E-state index contributed by atoms with van der Waals surface area (Å²) in [6.45, 7) is 0.426. The maximum Gasteiger partial charge on any atom is 0.185 e. The van der Waals surface area contributed by atoms with Crippen molar-refractivity contribution in [2.75, 3.05) is 6.54 Å². The van der Waals surface area contributed by atoms with Crippen LogP contribution in [-0.2, 0) is 0 Å². The van der Waals surface area contributed by atoms with Crippen molar-refractivity contribution in [1.29, 1.82) is 0 Å². The van der Waals surface area contributed by atoms with Gasteiger partial charge in [0.2, 0.25) is 0 Å². The van der Waals surface area contributed by atoms with Gasteiger partial charge in [0.1, 0.15) is 5.82 Å². The van der Waals surface area contributed by atoms with Crippen molar-refractivity contribution in [2.45, 2.75) is 12.8 Å². The van der Waals surface area contributed by atoms with Gasteiger partial charge in [0.25, 0.3) is 0 Å². The molecule has 0 saturated carbocycles. The van der Waals surface area contributed by atoms with Crippen LogP contribution < -0.4 is 11.5 Å². The van der Waals surface area contributed by atoms with Crippen LogP contribution in [0, 0.1) is 5.82 Å². The Morgan fingerprint density at radius 1 is 1.25 bits per heavy atom. The number of Topliss-reactive ketones (excluding diaryl/α,β-unsaturated/α-hetero) is 1. The van der Waals surface area contributed by atoms with Crippen molar-refractivity contribution in [1.82, 2.24) is 0 Å². The Hall–Kier alpha value is -1.91. The summed E-state index contributed by atoms with van der Waals surface area (Å²) in [5.74, 6) is -0.364. The third-order valence-electron chi connectivity index (χ3n) is 2.02. The quantitative estimate of drug-likeness (QED) is 0.339. The van der Waals surface area contributed by atoms with Crippen LogP contribution in [0.15, 0.2) is 29.3 Å². The Bertz CT molecular complexity index is 383. The minimum atomic E-state index is -0.350. The van der Waals surface area contributed by atoms with Gasteiger partial charge in [-0.3, -0.25) is 9.79 Å². The van der Waals surface area contributed by atoms with Gasteiger partial charge in [0.15, 0.2) is 11.7 Å². The molecule has 0 fully saturated rings. The van der Waals surface area contributed by atoms with E-state index in [0.29, 0.717) is 24.9 Å². The summed E-state index contributed by atoms with van der Waals surface area (Å²) in [6, 6.07) is 5.48. The summed E-state index contributed by atoms with van der Waals surface area (Å²) in [5, 5.41) is 0. The van der Waals surface area contributed by atoms with Crippen molar-refractivity contribution in [2.24, 2.45) is 16.5 Å². The molecule has 0 spiro atoms. The number of hydrogen-bond acceptors (Lipinski definition) is 2. The van der Waals surface area contributed by atoms with Gasteiger partial charge in [-0.1, -0.05) is 0 Å². The van der Waals surface area contributed by atoms with Crippen LogP contribution in [0.25, 0.3) is 0 Å². The molecule has 0 unspecified atom stereocenters. The van der Waals surface area contributed by atoms with E-state index in [1.165, 1.54) is 24.3 Å². The molecular formula is C11H14FN3O. The minimum Gasteiger partial charge on any atom is -0.370 e. The second kappa shape index (κ2) is 5.85. The molecule has 0 bridgehead atoms. The number of guanidine groups is 1. The molecule has 0 radical (unpaired) electrons. The monoisotopic (exact) mass is 223 g/mol. The molecular weight excluding hydrogens is 209 g/mol. The number of halogens is 1. The number of benzene rings is 1. The molecule has 1 rings (SSSR count). The van der Waals surface area contributed by atoms with E-state index in [2.05, 4.69) is 4.99 Å². The number of nitrogens with zero attached hydrogens (tertiary/aromatic N) is 1. The lowest BCUT2D eigenvalue weighted by molar-refractivity contribution is 0.0981. The zero-order valence-corrected chi connectivity index (χ0v) is 8.82. The lowest BCUT2D eigenvalue weighted by Gasteiger charge is -1.99. The van der Waals surface area contributed by atoms with Crippen LogP contribution in [0.4, 0.5) is 4.39 Å². The van der Waals surface area contributed by atoms with Crippen LogP contribution in [0.5, 0.6) is 0 Å². The second-order valence-corrected chi connectivity index (χ2v) is 3.34. The molecule has 0 aliphatic carbocycles. The molecule has 5 heteroatoms. The Balaban J connectivity index is 2.41. The van der Waals surface area contributed by atoms with E-state index in [4.69, 9.17) is 11.5 Å². The SMILES string of the molecule is NC(N)=NCCCC(=O)c1ccc(F)cc1. The average Bonchev–Trinajstić information content (AvgIpc) is 2.25. The molecule has 86 valence electrons. The van der Waals surface area contributed by atoms with Crippen LogP contribution >= 0.6 is 0 Å². The molecule has 16 heavy (non-hydrogen) atoms. The van der Waals surface area contributed by atoms with E-state index >= 15 is 0 Å². The highest BCUT2D eigenvalue weighted by atomic mass is 19.1. The predicted molar refractivity (Wildman–Crippen MR) is 60.6 cm³/mol. The molecule has 0 aromatic heterocycles. The highest BCUT2D eigenvalue weighted by molar-refractivity contribution is 5.95. The van der Waals surface area contributed by atoms with Gasteiger partial charge in [-0.2, -0.15) is 0 Å². The van der Waals surface area contributed by atoms with Crippen LogP contribution in [0.1, 0.15) is 23.2 Å². The first-order valence-corrected chi connectivity index (χ1v) is 4.94. The first-order chi connectivity index (χ1) is 7.59. The number of nitrogens with two attached hydrogens (primary N) is 2. The van der Waals surface area contributed by atoms with E-state index in [1.807, 2.05) is 0 Å².